The fourth-order valence-corrected chi connectivity index (χ4v) is 3.02. The van der Waals surface area contributed by atoms with E-state index >= 15 is 0 Å². The van der Waals surface area contributed by atoms with Gasteiger partial charge in [-0.1, -0.05) is 18.5 Å². The molecule has 0 radical (unpaired) electrons. The van der Waals surface area contributed by atoms with Gasteiger partial charge >= 0.3 is 11.8 Å². The summed E-state index contributed by atoms with van der Waals surface area (Å²) in [6, 6.07) is 3.77. The summed E-state index contributed by atoms with van der Waals surface area (Å²) >= 11 is 5.74. The van der Waals surface area contributed by atoms with E-state index in [0.717, 1.165) is 32.1 Å². The monoisotopic (exact) mass is 355 g/mol. The van der Waals surface area contributed by atoms with Crippen LogP contribution in [0.5, 0.6) is 0 Å². The molecule has 5 nitrogen and oxygen atoms in total. The van der Waals surface area contributed by atoms with Crippen molar-refractivity contribution < 1.29 is 14.0 Å². The summed E-state index contributed by atoms with van der Waals surface area (Å²) in [6.45, 7) is 5.73. The average molecular weight is 356 g/mol. The summed E-state index contributed by atoms with van der Waals surface area (Å²) in [5.41, 5.74) is -0.107. The quantitative estimate of drug-likeness (QED) is 0.630. The van der Waals surface area contributed by atoms with Gasteiger partial charge < -0.3 is 15.5 Å². The molecule has 0 saturated carbocycles. The van der Waals surface area contributed by atoms with E-state index in [0.29, 0.717) is 12.5 Å². The number of hydrogen-bond acceptors (Lipinski definition) is 3. The van der Waals surface area contributed by atoms with Gasteiger partial charge in [0.1, 0.15) is 5.82 Å². The Kier molecular flexibility index (Phi) is 6.99. The second kappa shape index (κ2) is 8.99. The highest BCUT2D eigenvalue weighted by Crippen LogP contribution is 2.19. The van der Waals surface area contributed by atoms with E-state index in [9.17, 15) is 14.0 Å². The van der Waals surface area contributed by atoms with Crippen molar-refractivity contribution >= 4 is 29.1 Å². The number of halogens is 2. The number of carbonyl (C=O) groups is 2. The van der Waals surface area contributed by atoms with E-state index < -0.39 is 17.6 Å². The first-order valence-corrected chi connectivity index (χ1v) is 8.60. The Hall–Kier alpha value is -1.66. The summed E-state index contributed by atoms with van der Waals surface area (Å²) in [5.74, 6) is -1.60. The highest BCUT2D eigenvalue weighted by Gasteiger charge is 2.17. The van der Waals surface area contributed by atoms with Gasteiger partial charge in [-0.25, -0.2) is 4.39 Å². The Morgan fingerprint density at radius 3 is 2.92 bits per heavy atom. The fourth-order valence-electron chi connectivity index (χ4n) is 2.85. The van der Waals surface area contributed by atoms with Crippen LogP contribution < -0.4 is 10.6 Å². The van der Waals surface area contributed by atoms with Crippen LogP contribution in [-0.2, 0) is 9.59 Å². The maximum absolute atomic E-state index is 13.5. The topological polar surface area (TPSA) is 61.4 Å². The van der Waals surface area contributed by atoms with Crippen LogP contribution in [0.15, 0.2) is 18.2 Å². The lowest BCUT2D eigenvalue weighted by Crippen LogP contribution is -2.39. The van der Waals surface area contributed by atoms with E-state index in [1.54, 1.807) is 0 Å². The van der Waals surface area contributed by atoms with Crippen molar-refractivity contribution in [3.8, 4) is 0 Å². The zero-order valence-electron chi connectivity index (χ0n) is 13.8. The first-order chi connectivity index (χ1) is 11.5. The number of carbonyl (C=O) groups excluding carboxylic acids is 2. The molecule has 1 aromatic carbocycles. The molecule has 1 aliphatic heterocycles. The third-order valence-corrected chi connectivity index (χ3v) is 4.30. The minimum atomic E-state index is -0.900. The van der Waals surface area contributed by atoms with Crippen molar-refractivity contribution in [3.05, 3.63) is 29.0 Å². The number of anilines is 1. The number of nitrogens with zero attached hydrogens (tertiary/aromatic N) is 1. The van der Waals surface area contributed by atoms with Gasteiger partial charge in [-0.2, -0.15) is 0 Å². The standard InChI is InChI=1S/C17H23ClFN3O2/c1-12-4-2-8-22(11-12)9-3-7-20-16(23)17(24)21-15-10-13(18)5-6-14(15)19/h5-6,10,12H,2-4,7-9,11H2,1H3,(H,20,23)(H,21,24). The summed E-state index contributed by atoms with van der Waals surface area (Å²) in [6.07, 6.45) is 3.26. The van der Waals surface area contributed by atoms with Crippen molar-refractivity contribution in [2.75, 3.05) is 31.5 Å². The van der Waals surface area contributed by atoms with E-state index in [1.807, 2.05) is 0 Å². The number of piperidine rings is 1. The zero-order chi connectivity index (χ0) is 17.5. The first-order valence-electron chi connectivity index (χ1n) is 8.22. The van der Waals surface area contributed by atoms with Gasteiger partial charge in [-0.05, 0) is 56.5 Å². The SMILES string of the molecule is CC1CCCN(CCCNC(=O)C(=O)Nc2cc(Cl)ccc2F)C1. The molecule has 1 saturated heterocycles. The molecule has 0 aliphatic carbocycles. The molecule has 7 heteroatoms. The van der Waals surface area contributed by atoms with Crippen LogP contribution >= 0.6 is 11.6 Å². The molecule has 1 atom stereocenters. The zero-order valence-corrected chi connectivity index (χ0v) is 14.5. The first kappa shape index (κ1) is 18.7. The lowest BCUT2D eigenvalue weighted by atomic mass is 10.0. The molecule has 2 amide bonds. The third-order valence-electron chi connectivity index (χ3n) is 4.06. The Morgan fingerprint density at radius 2 is 2.17 bits per heavy atom. The molecule has 1 aliphatic rings. The van der Waals surface area contributed by atoms with Gasteiger partial charge in [0.2, 0.25) is 0 Å². The Bertz CT molecular complexity index is 597. The molecular formula is C17H23ClFN3O2. The average Bonchev–Trinajstić information content (AvgIpc) is 2.55. The fraction of sp³-hybridized carbons (Fsp3) is 0.529. The molecular weight excluding hydrogens is 333 g/mol. The van der Waals surface area contributed by atoms with Crippen molar-refractivity contribution in [1.29, 1.82) is 0 Å². The van der Waals surface area contributed by atoms with Crippen molar-refractivity contribution in [1.82, 2.24) is 10.2 Å². The minimum absolute atomic E-state index is 0.107. The van der Waals surface area contributed by atoms with Gasteiger partial charge in [-0.15, -0.1) is 0 Å². The molecule has 0 bridgehead atoms. The number of benzene rings is 1. The third kappa shape index (κ3) is 5.76. The van der Waals surface area contributed by atoms with Gasteiger partial charge in [-0.3, -0.25) is 9.59 Å². The number of likely N-dealkylation sites (tertiary alicyclic amines) is 1. The van der Waals surface area contributed by atoms with Gasteiger partial charge in [0.25, 0.3) is 0 Å². The summed E-state index contributed by atoms with van der Waals surface area (Å²) < 4.78 is 13.5. The van der Waals surface area contributed by atoms with Crippen LogP contribution in [0.3, 0.4) is 0 Å². The maximum Gasteiger partial charge on any atom is 0.313 e. The van der Waals surface area contributed by atoms with Crippen LogP contribution in [0.2, 0.25) is 5.02 Å². The summed E-state index contributed by atoms with van der Waals surface area (Å²) in [5, 5.41) is 5.06. The number of amides is 2. The maximum atomic E-state index is 13.5. The van der Waals surface area contributed by atoms with Gasteiger partial charge in [0.15, 0.2) is 0 Å². The van der Waals surface area contributed by atoms with Gasteiger partial charge in [0.05, 0.1) is 5.69 Å². The normalized spacial score (nSPS) is 18.2. The Balaban J connectivity index is 1.70. The van der Waals surface area contributed by atoms with Crippen molar-refractivity contribution in [2.45, 2.75) is 26.2 Å². The molecule has 132 valence electrons. The molecule has 1 heterocycles. The van der Waals surface area contributed by atoms with E-state index in [1.165, 1.54) is 25.0 Å². The second-order valence-electron chi connectivity index (χ2n) is 6.24. The second-order valence-corrected chi connectivity index (χ2v) is 6.67. The van der Waals surface area contributed by atoms with Gasteiger partial charge in [0, 0.05) is 18.1 Å². The van der Waals surface area contributed by atoms with Crippen LogP contribution in [0.25, 0.3) is 0 Å². The largest absolute Gasteiger partial charge is 0.348 e. The molecule has 1 fully saturated rings. The summed E-state index contributed by atoms with van der Waals surface area (Å²) in [7, 11) is 0. The van der Waals surface area contributed by atoms with Crippen LogP contribution in [0, 0.1) is 11.7 Å². The van der Waals surface area contributed by atoms with Crippen molar-refractivity contribution in [2.24, 2.45) is 5.92 Å². The van der Waals surface area contributed by atoms with E-state index in [2.05, 4.69) is 22.5 Å². The molecule has 24 heavy (non-hydrogen) atoms. The highest BCUT2D eigenvalue weighted by atomic mass is 35.5. The molecule has 2 rings (SSSR count). The number of hydrogen-bond donors (Lipinski definition) is 2. The Morgan fingerprint density at radius 1 is 1.38 bits per heavy atom. The van der Waals surface area contributed by atoms with Crippen LogP contribution in [-0.4, -0.2) is 42.9 Å². The molecule has 0 spiro atoms. The van der Waals surface area contributed by atoms with Crippen molar-refractivity contribution in [3.63, 3.8) is 0 Å². The minimum Gasteiger partial charge on any atom is -0.348 e. The lowest BCUT2D eigenvalue weighted by Gasteiger charge is -2.30. The number of rotatable bonds is 5. The predicted molar refractivity (Wildman–Crippen MR) is 92.5 cm³/mol. The molecule has 2 N–H and O–H groups in total. The lowest BCUT2D eigenvalue weighted by molar-refractivity contribution is -0.136. The van der Waals surface area contributed by atoms with E-state index in [-0.39, 0.29) is 10.7 Å². The van der Waals surface area contributed by atoms with Crippen LogP contribution in [0.4, 0.5) is 10.1 Å². The molecule has 0 aromatic heterocycles. The van der Waals surface area contributed by atoms with E-state index in [4.69, 9.17) is 11.6 Å². The predicted octanol–water partition coefficient (Wildman–Crippen LogP) is 2.66. The Labute approximate surface area is 146 Å². The smallest absolute Gasteiger partial charge is 0.313 e. The van der Waals surface area contributed by atoms with Crippen LogP contribution in [0.1, 0.15) is 26.2 Å². The molecule has 1 unspecified atom stereocenters. The highest BCUT2D eigenvalue weighted by molar-refractivity contribution is 6.39. The number of nitrogens with one attached hydrogen (secondary N) is 2. The summed E-state index contributed by atoms with van der Waals surface area (Å²) in [4.78, 5) is 25.9. The molecule has 1 aromatic rings.